The minimum Gasteiger partial charge on any atom is -0.494 e. The number of methoxy groups -OCH3 is 1. The summed E-state index contributed by atoms with van der Waals surface area (Å²) in [7, 11) is 1.46. The minimum absolute atomic E-state index is 0.0929. The van der Waals surface area contributed by atoms with Crippen LogP contribution >= 0.6 is 0 Å². The molecule has 2 rings (SSSR count). The molecule has 0 amide bonds. The molecule has 1 heterocycles. The van der Waals surface area contributed by atoms with E-state index in [1.165, 1.54) is 30.0 Å². The fraction of sp³-hybridized carbons (Fsp3) is 0.357. The summed E-state index contributed by atoms with van der Waals surface area (Å²) in [5.41, 5.74) is 0.597. The maximum atomic E-state index is 11.0. The Labute approximate surface area is 127 Å². The van der Waals surface area contributed by atoms with Crippen molar-refractivity contribution < 1.29 is 9.66 Å². The van der Waals surface area contributed by atoms with Crippen LogP contribution in [0, 0.1) is 21.4 Å². The van der Waals surface area contributed by atoms with Gasteiger partial charge in [0.05, 0.1) is 17.7 Å². The number of aromatic nitrogens is 3. The van der Waals surface area contributed by atoms with E-state index in [-0.39, 0.29) is 11.4 Å². The van der Waals surface area contributed by atoms with E-state index in [0.29, 0.717) is 17.1 Å². The van der Waals surface area contributed by atoms with E-state index in [9.17, 15) is 15.4 Å². The Balaban J connectivity index is 2.77. The van der Waals surface area contributed by atoms with Gasteiger partial charge in [-0.3, -0.25) is 10.1 Å². The molecule has 2 aromatic rings. The summed E-state index contributed by atoms with van der Waals surface area (Å²) in [6, 6.07) is 6.19. The van der Waals surface area contributed by atoms with Crippen molar-refractivity contribution in [1.82, 2.24) is 15.0 Å². The molecule has 0 aliphatic heterocycles. The van der Waals surface area contributed by atoms with Crippen LogP contribution in [0.1, 0.15) is 32.2 Å². The Morgan fingerprint density at radius 3 is 2.59 bits per heavy atom. The summed E-state index contributed by atoms with van der Waals surface area (Å²) < 4.78 is 6.67. The summed E-state index contributed by atoms with van der Waals surface area (Å²) in [5.74, 6) is 0.408. The maximum Gasteiger partial charge on any atom is 0.271 e. The van der Waals surface area contributed by atoms with Crippen molar-refractivity contribution in [2.45, 2.75) is 26.2 Å². The number of rotatable bonds is 3. The Hall–Kier alpha value is -2.95. The average molecular weight is 301 g/mol. The molecule has 0 aliphatic carbocycles. The third-order valence-corrected chi connectivity index (χ3v) is 3.09. The molecule has 22 heavy (non-hydrogen) atoms. The SMILES string of the molecule is COc1ccc([N+](=O)[O-])cc1-n1nnc(C#N)c1C(C)(C)C. The van der Waals surface area contributed by atoms with Gasteiger partial charge in [0.15, 0.2) is 5.69 Å². The monoisotopic (exact) mass is 301 g/mol. The number of nitro groups is 1. The molecule has 114 valence electrons. The van der Waals surface area contributed by atoms with Crippen molar-refractivity contribution in [3.63, 3.8) is 0 Å². The van der Waals surface area contributed by atoms with Crippen LogP contribution in [0.25, 0.3) is 5.69 Å². The number of hydrogen-bond donors (Lipinski definition) is 0. The van der Waals surface area contributed by atoms with Gasteiger partial charge >= 0.3 is 0 Å². The first-order valence-corrected chi connectivity index (χ1v) is 6.48. The van der Waals surface area contributed by atoms with E-state index in [4.69, 9.17) is 4.74 Å². The fourth-order valence-corrected chi connectivity index (χ4v) is 2.16. The van der Waals surface area contributed by atoms with Gasteiger partial charge in [0.1, 0.15) is 17.5 Å². The van der Waals surface area contributed by atoms with Crippen molar-refractivity contribution in [3.05, 3.63) is 39.7 Å². The van der Waals surface area contributed by atoms with Gasteiger partial charge < -0.3 is 4.74 Å². The fourth-order valence-electron chi connectivity index (χ4n) is 2.16. The predicted octanol–water partition coefficient (Wildman–Crippen LogP) is 2.35. The molecule has 0 aliphatic rings. The molecular formula is C14H15N5O3. The maximum absolute atomic E-state index is 11.0. The van der Waals surface area contributed by atoms with Crippen LogP contribution in [0.15, 0.2) is 18.2 Å². The molecule has 1 aromatic carbocycles. The van der Waals surface area contributed by atoms with E-state index < -0.39 is 10.3 Å². The first-order valence-electron chi connectivity index (χ1n) is 6.48. The molecule has 0 radical (unpaired) electrons. The van der Waals surface area contributed by atoms with Crippen molar-refractivity contribution >= 4 is 5.69 Å². The summed E-state index contributed by atoms with van der Waals surface area (Å²) in [6.07, 6.45) is 0. The molecule has 1 aromatic heterocycles. The van der Waals surface area contributed by atoms with Crippen LogP contribution in [0.4, 0.5) is 5.69 Å². The number of non-ortho nitro benzene ring substituents is 1. The molecule has 0 atom stereocenters. The zero-order valence-electron chi connectivity index (χ0n) is 12.7. The summed E-state index contributed by atoms with van der Waals surface area (Å²) in [4.78, 5) is 10.5. The van der Waals surface area contributed by atoms with Gasteiger partial charge in [0.25, 0.3) is 5.69 Å². The lowest BCUT2D eigenvalue weighted by Gasteiger charge is -2.20. The van der Waals surface area contributed by atoms with E-state index in [1.807, 2.05) is 26.8 Å². The van der Waals surface area contributed by atoms with Crippen LogP contribution < -0.4 is 4.74 Å². The molecule has 8 nitrogen and oxygen atoms in total. The third kappa shape index (κ3) is 2.61. The van der Waals surface area contributed by atoms with E-state index in [2.05, 4.69) is 10.3 Å². The summed E-state index contributed by atoms with van der Waals surface area (Å²) in [6.45, 7) is 5.73. The van der Waals surface area contributed by atoms with E-state index in [1.54, 1.807) is 0 Å². The van der Waals surface area contributed by atoms with Crippen LogP contribution in [-0.2, 0) is 5.41 Å². The standard InChI is InChI=1S/C14H15N5O3/c1-14(2,3)13-10(8-15)16-17-18(13)11-7-9(19(20)21)5-6-12(11)22-4/h5-7H,1-4H3. The average Bonchev–Trinajstić information content (AvgIpc) is 2.90. The largest absolute Gasteiger partial charge is 0.494 e. The van der Waals surface area contributed by atoms with Gasteiger partial charge in [-0.25, -0.2) is 4.68 Å². The molecule has 8 heteroatoms. The van der Waals surface area contributed by atoms with Crippen LogP contribution in [0.2, 0.25) is 0 Å². The van der Waals surface area contributed by atoms with E-state index >= 15 is 0 Å². The molecule has 0 unspecified atom stereocenters. The van der Waals surface area contributed by atoms with Crippen molar-refractivity contribution in [1.29, 1.82) is 5.26 Å². The van der Waals surface area contributed by atoms with Crippen LogP contribution in [0.3, 0.4) is 0 Å². The van der Waals surface area contributed by atoms with Gasteiger partial charge in [-0.2, -0.15) is 5.26 Å². The van der Waals surface area contributed by atoms with E-state index in [0.717, 1.165) is 0 Å². The zero-order chi connectivity index (χ0) is 16.5. The zero-order valence-corrected chi connectivity index (χ0v) is 12.7. The number of nitro benzene ring substituents is 1. The summed E-state index contributed by atoms with van der Waals surface area (Å²) >= 11 is 0. The molecule has 0 N–H and O–H groups in total. The van der Waals surface area contributed by atoms with Crippen molar-refractivity contribution in [3.8, 4) is 17.5 Å². The second kappa shape index (κ2) is 5.44. The number of nitriles is 1. The van der Waals surface area contributed by atoms with Crippen LogP contribution in [-0.4, -0.2) is 27.0 Å². The topological polar surface area (TPSA) is 107 Å². The van der Waals surface area contributed by atoms with Gasteiger partial charge in [-0.05, 0) is 6.07 Å². The first kappa shape index (κ1) is 15.4. The molecule has 0 fully saturated rings. The highest BCUT2D eigenvalue weighted by Crippen LogP contribution is 2.32. The summed E-state index contributed by atoms with van der Waals surface area (Å²) in [5, 5.41) is 28.0. The second-order valence-electron chi connectivity index (χ2n) is 5.67. The second-order valence-corrected chi connectivity index (χ2v) is 5.67. The Morgan fingerprint density at radius 1 is 1.41 bits per heavy atom. The molecule has 0 saturated carbocycles. The molecular weight excluding hydrogens is 286 g/mol. The lowest BCUT2D eigenvalue weighted by molar-refractivity contribution is -0.384. The normalized spacial score (nSPS) is 11.0. The lowest BCUT2D eigenvalue weighted by atomic mass is 9.90. The highest BCUT2D eigenvalue weighted by atomic mass is 16.6. The molecule has 0 bridgehead atoms. The first-order chi connectivity index (χ1) is 10.3. The Kier molecular flexibility index (Phi) is 3.82. The molecule has 0 spiro atoms. The number of ether oxygens (including phenoxy) is 1. The molecule has 0 saturated heterocycles. The lowest BCUT2D eigenvalue weighted by Crippen LogP contribution is -2.19. The van der Waals surface area contributed by atoms with Gasteiger partial charge in [0, 0.05) is 17.5 Å². The van der Waals surface area contributed by atoms with Gasteiger partial charge in [-0.1, -0.05) is 26.0 Å². The number of nitrogens with zero attached hydrogens (tertiary/aromatic N) is 5. The predicted molar refractivity (Wildman–Crippen MR) is 78.0 cm³/mol. The minimum atomic E-state index is -0.498. The quantitative estimate of drug-likeness (QED) is 0.636. The Morgan fingerprint density at radius 2 is 2.09 bits per heavy atom. The Bertz CT molecular complexity index is 768. The van der Waals surface area contributed by atoms with Gasteiger partial charge in [-0.15, -0.1) is 5.10 Å². The van der Waals surface area contributed by atoms with Crippen LogP contribution in [0.5, 0.6) is 5.75 Å². The van der Waals surface area contributed by atoms with Crippen molar-refractivity contribution in [2.24, 2.45) is 0 Å². The number of hydrogen-bond acceptors (Lipinski definition) is 6. The van der Waals surface area contributed by atoms with Crippen molar-refractivity contribution in [2.75, 3.05) is 7.11 Å². The smallest absolute Gasteiger partial charge is 0.271 e. The van der Waals surface area contributed by atoms with Gasteiger partial charge in [0.2, 0.25) is 0 Å². The highest BCUT2D eigenvalue weighted by Gasteiger charge is 2.28. The third-order valence-electron chi connectivity index (χ3n) is 3.09. The number of benzene rings is 1. The highest BCUT2D eigenvalue weighted by molar-refractivity contribution is 5.55.